The molecule has 0 spiro atoms. The van der Waals surface area contributed by atoms with Gasteiger partial charge in [0, 0.05) is 13.1 Å². The lowest BCUT2D eigenvalue weighted by molar-refractivity contribution is 0.300. The summed E-state index contributed by atoms with van der Waals surface area (Å²) in [6.07, 6.45) is 5.39. The highest BCUT2D eigenvalue weighted by atomic mass is 32.1. The van der Waals surface area contributed by atoms with Crippen molar-refractivity contribution in [3.63, 3.8) is 0 Å². The highest BCUT2D eigenvalue weighted by Crippen LogP contribution is 2.23. The minimum atomic E-state index is 0.130. The molecule has 0 unspecified atom stereocenters. The fraction of sp³-hybridized carbons (Fsp3) is 0.889. The van der Waals surface area contributed by atoms with Crippen LogP contribution in [0.4, 0.5) is 0 Å². The molecular weight excluding hydrogens is 184 g/mol. The molecule has 0 saturated heterocycles. The molecule has 0 radical (unpaired) electrons. The van der Waals surface area contributed by atoms with Crippen LogP contribution < -0.4 is 10.6 Å². The van der Waals surface area contributed by atoms with Crippen LogP contribution in [0.25, 0.3) is 0 Å². The van der Waals surface area contributed by atoms with Crippen LogP contribution in [-0.2, 0) is 0 Å². The summed E-state index contributed by atoms with van der Waals surface area (Å²) in [4.78, 5) is 0. The normalized spacial score (nSPS) is 17.3. The Kier molecular flexibility index (Phi) is 5.08. The Morgan fingerprint density at radius 1 is 1.31 bits per heavy atom. The molecule has 4 heteroatoms. The summed E-state index contributed by atoms with van der Waals surface area (Å²) >= 11 is 5.02. The molecule has 13 heavy (non-hydrogen) atoms. The van der Waals surface area contributed by atoms with Crippen LogP contribution in [0.15, 0.2) is 0 Å². The first-order valence-electron chi connectivity index (χ1n) is 4.95. The third kappa shape index (κ3) is 4.43. The second-order valence-corrected chi connectivity index (χ2v) is 3.92. The predicted molar refractivity (Wildman–Crippen MR) is 57.6 cm³/mol. The van der Waals surface area contributed by atoms with Crippen LogP contribution in [0.1, 0.15) is 25.7 Å². The minimum absolute atomic E-state index is 0.130. The third-order valence-electron chi connectivity index (χ3n) is 2.42. The van der Waals surface area contributed by atoms with Crippen molar-refractivity contribution in [2.75, 3.05) is 19.7 Å². The van der Waals surface area contributed by atoms with Crippen LogP contribution in [-0.4, -0.2) is 29.9 Å². The quantitative estimate of drug-likeness (QED) is 0.585. The molecule has 0 amide bonds. The molecule has 0 aromatic heterocycles. The second kappa shape index (κ2) is 6.16. The van der Waals surface area contributed by atoms with Gasteiger partial charge in [0.15, 0.2) is 5.11 Å². The Hall–Kier alpha value is -0.350. The van der Waals surface area contributed by atoms with E-state index in [0.29, 0.717) is 11.7 Å². The first-order valence-corrected chi connectivity index (χ1v) is 5.36. The highest BCUT2D eigenvalue weighted by Gasteiger charge is 2.14. The first-order chi connectivity index (χ1) is 6.33. The average Bonchev–Trinajstić information content (AvgIpc) is 2.64. The van der Waals surface area contributed by atoms with Gasteiger partial charge < -0.3 is 15.7 Å². The number of thiocarbonyl (C=S) groups is 1. The molecule has 0 aliphatic heterocycles. The molecule has 0 aromatic rings. The van der Waals surface area contributed by atoms with E-state index in [1.54, 1.807) is 0 Å². The molecule has 0 bridgehead atoms. The van der Waals surface area contributed by atoms with E-state index in [4.69, 9.17) is 17.3 Å². The highest BCUT2D eigenvalue weighted by molar-refractivity contribution is 7.80. The van der Waals surface area contributed by atoms with Crippen molar-refractivity contribution in [3.8, 4) is 0 Å². The topological polar surface area (TPSA) is 44.3 Å². The van der Waals surface area contributed by atoms with Gasteiger partial charge in [-0.1, -0.05) is 12.8 Å². The van der Waals surface area contributed by atoms with Crippen molar-refractivity contribution in [3.05, 3.63) is 0 Å². The summed E-state index contributed by atoms with van der Waals surface area (Å²) in [5.74, 6) is 0.800. The Labute approximate surface area is 84.9 Å². The van der Waals surface area contributed by atoms with Gasteiger partial charge in [0.05, 0.1) is 6.61 Å². The Bertz CT molecular complexity index is 158. The molecule has 0 atom stereocenters. The SMILES string of the molecule is OCCNC(=S)NCC1CCCC1. The number of aliphatic hydroxyl groups excluding tert-OH is 1. The third-order valence-corrected chi connectivity index (χ3v) is 2.71. The van der Waals surface area contributed by atoms with Gasteiger partial charge in [-0.05, 0) is 31.0 Å². The lowest BCUT2D eigenvalue weighted by Gasteiger charge is -2.13. The van der Waals surface area contributed by atoms with Crippen molar-refractivity contribution in [2.24, 2.45) is 5.92 Å². The molecule has 76 valence electrons. The van der Waals surface area contributed by atoms with Crippen LogP contribution >= 0.6 is 12.2 Å². The summed E-state index contributed by atoms with van der Waals surface area (Å²) in [7, 11) is 0. The van der Waals surface area contributed by atoms with E-state index in [2.05, 4.69) is 10.6 Å². The Morgan fingerprint density at radius 3 is 2.62 bits per heavy atom. The number of aliphatic hydroxyl groups is 1. The fourth-order valence-corrected chi connectivity index (χ4v) is 1.87. The summed E-state index contributed by atoms with van der Waals surface area (Å²) in [5.41, 5.74) is 0. The lowest BCUT2D eigenvalue weighted by Crippen LogP contribution is -2.38. The van der Waals surface area contributed by atoms with Gasteiger partial charge in [-0.15, -0.1) is 0 Å². The van der Waals surface area contributed by atoms with E-state index < -0.39 is 0 Å². The summed E-state index contributed by atoms with van der Waals surface area (Å²) < 4.78 is 0. The van der Waals surface area contributed by atoms with Gasteiger partial charge in [0.1, 0.15) is 0 Å². The number of hydrogen-bond acceptors (Lipinski definition) is 2. The van der Waals surface area contributed by atoms with Gasteiger partial charge in [0.2, 0.25) is 0 Å². The molecule has 3 nitrogen and oxygen atoms in total. The molecule has 1 aliphatic rings. The molecule has 0 aromatic carbocycles. The van der Waals surface area contributed by atoms with E-state index in [1.807, 2.05) is 0 Å². The van der Waals surface area contributed by atoms with E-state index in [0.717, 1.165) is 12.5 Å². The van der Waals surface area contributed by atoms with Gasteiger partial charge in [-0.25, -0.2) is 0 Å². The molecule has 1 rings (SSSR count). The van der Waals surface area contributed by atoms with Gasteiger partial charge in [-0.3, -0.25) is 0 Å². The zero-order valence-corrected chi connectivity index (χ0v) is 8.70. The Morgan fingerprint density at radius 2 is 2.00 bits per heavy atom. The van der Waals surface area contributed by atoms with Crippen molar-refractivity contribution in [2.45, 2.75) is 25.7 Å². The number of hydrogen-bond donors (Lipinski definition) is 3. The molecular formula is C9H18N2OS. The second-order valence-electron chi connectivity index (χ2n) is 3.51. The van der Waals surface area contributed by atoms with Crippen molar-refractivity contribution < 1.29 is 5.11 Å². The van der Waals surface area contributed by atoms with Crippen molar-refractivity contribution in [1.82, 2.24) is 10.6 Å². The maximum absolute atomic E-state index is 8.54. The standard InChI is InChI=1S/C9H18N2OS/c12-6-5-10-9(13)11-7-8-3-1-2-4-8/h8,12H,1-7H2,(H2,10,11,13). The number of nitrogens with one attached hydrogen (secondary N) is 2. The van der Waals surface area contributed by atoms with Crippen LogP contribution in [0.3, 0.4) is 0 Å². The lowest BCUT2D eigenvalue weighted by atomic mass is 10.1. The van der Waals surface area contributed by atoms with E-state index in [9.17, 15) is 0 Å². The van der Waals surface area contributed by atoms with Crippen molar-refractivity contribution >= 4 is 17.3 Å². The number of rotatable bonds is 4. The van der Waals surface area contributed by atoms with Gasteiger partial charge >= 0.3 is 0 Å². The van der Waals surface area contributed by atoms with Crippen LogP contribution in [0.2, 0.25) is 0 Å². The molecule has 3 N–H and O–H groups in total. The zero-order chi connectivity index (χ0) is 9.52. The van der Waals surface area contributed by atoms with E-state index >= 15 is 0 Å². The van der Waals surface area contributed by atoms with Crippen molar-refractivity contribution in [1.29, 1.82) is 0 Å². The minimum Gasteiger partial charge on any atom is -0.395 e. The summed E-state index contributed by atoms with van der Waals surface area (Å²) in [6.45, 7) is 1.65. The largest absolute Gasteiger partial charge is 0.395 e. The monoisotopic (exact) mass is 202 g/mol. The predicted octanol–water partition coefficient (Wildman–Crippen LogP) is 0.633. The molecule has 1 saturated carbocycles. The maximum Gasteiger partial charge on any atom is 0.166 e. The van der Waals surface area contributed by atoms with E-state index in [-0.39, 0.29) is 6.61 Å². The van der Waals surface area contributed by atoms with Gasteiger partial charge in [0.25, 0.3) is 0 Å². The van der Waals surface area contributed by atoms with E-state index in [1.165, 1.54) is 25.7 Å². The molecule has 0 heterocycles. The molecule has 1 aliphatic carbocycles. The molecule has 1 fully saturated rings. The average molecular weight is 202 g/mol. The van der Waals surface area contributed by atoms with Crippen LogP contribution in [0.5, 0.6) is 0 Å². The zero-order valence-electron chi connectivity index (χ0n) is 7.88. The summed E-state index contributed by atoms with van der Waals surface area (Å²) in [5, 5.41) is 15.3. The fourth-order valence-electron chi connectivity index (χ4n) is 1.68. The first kappa shape index (κ1) is 10.7. The maximum atomic E-state index is 8.54. The van der Waals surface area contributed by atoms with Gasteiger partial charge in [-0.2, -0.15) is 0 Å². The summed E-state index contributed by atoms with van der Waals surface area (Å²) in [6, 6.07) is 0. The Balaban J connectivity index is 2.00. The van der Waals surface area contributed by atoms with Crippen LogP contribution in [0, 0.1) is 5.92 Å². The smallest absolute Gasteiger partial charge is 0.166 e.